The number of carbonyl (C=O) groups excluding carboxylic acids is 2. The fraction of sp³-hybridized carbons (Fsp3) is 0.278. The van der Waals surface area contributed by atoms with E-state index in [1.54, 1.807) is 6.07 Å². The van der Waals surface area contributed by atoms with Crippen LogP contribution in [0, 0.1) is 17.6 Å². The van der Waals surface area contributed by atoms with Crippen molar-refractivity contribution in [1.82, 2.24) is 4.98 Å². The minimum atomic E-state index is -0.704. The van der Waals surface area contributed by atoms with Crippen LogP contribution in [0.5, 0.6) is 0 Å². The first-order chi connectivity index (χ1) is 12.0. The van der Waals surface area contributed by atoms with E-state index >= 15 is 0 Å². The molecule has 1 saturated heterocycles. The van der Waals surface area contributed by atoms with Crippen molar-refractivity contribution in [2.45, 2.75) is 12.8 Å². The summed E-state index contributed by atoms with van der Waals surface area (Å²) in [6, 6.07) is 6.05. The summed E-state index contributed by atoms with van der Waals surface area (Å²) >= 11 is 0. The average Bonchev–Trinajstić information content (AvgIpc) is 2.63. The Morgan fingerprint density at radius 1 is 1.12 bits per heavy atom. The maximum Gasteiger partial charge on any atom is 0.248 e. The van der Waals surface area contributed by atoms with Crippen molar-refractivity contribution >= 4 is 17.5 Å². The third kappa shape index (κ3) is 3.65. The van der Waals surface area contributed by atoms with E-state index in [1.165, 1.54) is 12.3 Å². The molecule has 2 aromatic rings. The van der Waals surface area contributed by atoms with Crippen molar-refractivity contribution in [2.24, 2.45) is 11.7 Å². The Balaban J connectivity index is 1.69. The third-order valence-electron chi connectivity index (χ3n) is 4.41. The molecule has 25 heavy (non-hydrogen) atoms. The number of benzene rings is 1. The highest BCUT2D eigenvalue weighted by Gasteiger charge is 2.28. The molecular weight excluding hydrogens is 328 g/mol. The molecule has 1 fully saturated rings. The van der Waals surface area contributed by atoms with Gasteiger partial charge in [-0.15, -0.1) is 0 Å². The molecule has 2 N–H and O–H groups in total. The summed E-state index contributed by atoms with van der Waals surface area (Å²) in [5.74, 6) is -2.00. The van der Waals surface area contributed by atoms with Crippen LogP contribution in [0.4, 0.5) is 14.6 Å². The first kappa shape index (κ1) is 17.0. The predicted molar refractivity (Wildman–Crippen MR) is 88.4 cm³/mol. The van der Waals surface area contributed by atoms with E-state index in [0.29, 0.717) is 37.3 Å². The second kappa shape index (κ2) is 6.96. The van der Waals surface area contributed by atoms with E-state index in [2.05, 4.69) is 4.98 Å². The van der Waals surface area contributed by atoms with Gasteiger partial charge in [-0.05, 0) is 43.2 Å². The molecule has 0 spiro atoms. The van der Waals surface area contributed by atoms with Crippen LogP contribution in [0.3, 0.4) is 0 Å². The quantitative estimate of drug-likeness (QED) is 0.864. The largest absolute Gasteiger partial charge is 0.366 e. The second-order valence-corrected chi connectivity index (χ2v) is 6.02. The van der Waals surface area contributed by atoms with E-state index in [9.17, 15) is 18.4 Å². The van der Waals surface area contributed by atoms with Gasteiger partial charge in [0.1, 0.15) is 17.5 Å². The van der Waals surface area contributed by atoms with Crippen LogP contribution < -0.4 is 10.6 Å². The normalized spacial score (nSPS) is 15.2. The van der Waals surface area contributed by atoms with Crippen molar-refractivity contribution in [1.29, 1.82) is 0 Å². The lowest BCUT2D eigenvalue weighted by Gasteiger charge is -2.32. The van der Waals surface area contributed by atoms with Gasteiger partial charge in [-0.25, -0.2) is 13.8 Å². The SMILES string of the molecule is NC(=O)c1ccnc(N2CCC(C(=O)c3cc(F)ccc3F)CC2)c1. The summed E-state index contributed by atoms with van der Waals surface area (Å²) in [5.41, 5.74) is 5.43. The summed E-state index contributed by atoms with van der Waals surface area (Å²) in [7, 11) is 0. The maximum atomic E-state index is 13.8. The van der Waals surface area contributed by atoms with Gasteiger partial charge in [0.2, 0.25) is 5.91 Å². The molecule has 7 heteroatoms. The summed E-state index contributed by atoms with van der Waals surface area (Å²) in [5, 5.41) is 0. The van der Waals surface area contributed by atoms with Crippen LogP contribution in [-0.2, 0) is 0 Å². The van der Waals surface area contributed by atoms with E-state index in [0.717, 1.165) is 18.2 Å². The highest BCUT2D eigenvalue weighted by molar-refractivity contribution is 5.98. The second-order valence-electron chi connectivity index (χ2n) is 6.02. The zero-order valence-electron chi connectivity index (χ0n) is 13.4. The Bertz CT molecular complexity index is 818. The van der Waals surface area contributed by atoms with Crippen molar-refractivity contribution in [3.8, 4) is 0 Å². The molecule has 2 heterocycles. The number of primary amides is 1. The van der Waals surface area contributed by atoms with Crippen molar-refractivity contribution in [3.05, 3.63) is 59.3 Å². The Kier molecular flexibility index (Phi) is 4.74. The van der Waals surface area contributed by atoms with Gasteiger partial charge in [0.05, 0.1) is 5.56 Å². The molecule has 0 bridgehead atoms. The van der Waals surface area contributed by atoms with Gasteiger partial charge in [0.25, 0.3) is 0 Å². The molecule has 0 radical (unpaired) electrons. The van der Waals surface area contributed by atoms with Crippen LogP contribution in [0.15, 0.2) is 36.5 Å². The number of pyridine rings is 1. The molecular formula is C18H17F2N3O2. The molecule has 1 aromatic carbocycles. The van der Waals surface area contributed by atoms with E-state index in [1.807, 2.05) is 4.90 Å². The number of hydrogen-bond acceptors (Lipinski definition) is 4. The third-order valence-corrected chi connectivity index (χ3v) is 4.41. The molecule has 0 atom stereocenters. The van der Waals surface area contributed by atoms with E-state index in [-0.39, 0.29) is 17.3 Å². The smallest absolute Gasteiger partial charge is 0.248 e. The number of anilines is 1. The fourth-order valence-corrected chi connectivity index (χ4v) is 3.02. The van der Waals surface area contributed by atoms with Crippen LogP contribution in [0.2, 0.25) is 0 Å². The van der Waals surface area contributed by atoms with Crippen molar-refractivity contribution < 1.29 is 18.4 Å². The summed E-state index contributed by atoms with van der Waals surface area (Å²) in [6.45, 7) is 1.06. The van der Waals surface area contributed by atoms with Gasteiger partial charge < -0.3 is 10.6 Å². The number of nitrogens with zero attached hydrogens (tertiary/aromatic N) is 2. The number of nitrogens with two attached hydrogens (primary N) is 1. The number of hydrogen-bond donors (Lipinski definition) is 1. The number of Topliss-reactive ketones (excluding diaryl/α,β-unsaturated/α-hetero) is 1. The molecule has 1 aliphatic heterocycles. The van der Waals surface area contributed by atoms with Gasteiger partial charge in [-0.2, -0.15) is 0 Å². The number of amides is 1. The van der Waals surface area contributed by atoms with E-state index in [4.69, 9.17) is 5.73 Å². The Hall–Kier alpha value is -2.83. The number of aromatic nitrogens is 1. The zero-order valence-corrected chi connectivity index (χ0v) is 13.4. The molecule has 1 amide bonds. The Morgan fingerprint density at radius 2 is 1.84 bits per heavy atom. The standard InChI is InChI=1S/C18H17F2N3O2/c19-13-1-2-15(20)14(10-13)17(24)11-4-7-23(8-5-11)16-9-12(18(21)25)3-6-22-16/h1-3,6,9-11H,4-5,7-8H2,(H2,21,25). The Labute approximate surface area is 143 Å². The fourth-order valence-electron chi connectivity index (χ4n) is 3.02. The lowest BCUT2D eigenvalue weighted by Crippen LogP contribution is -2.37. The Morgan fingerprint density at radius 3 is 2.52 bits per heavy atom. The number of piperidine rings is 1. The first-order valence-electron chi connectivity index (χ1n) is 7.96. The highest BCUT2D eigenvalue weighted by atomic mass is 19.1. The van der Waals surface area contributed by atoms with Crippen LogP contribution in [-0.4, -0.2) is 29.8 Å². The van der Waals surface area contributed by atoms with Crippen molar-refractivity contribution in [3.63, 3.8) is 0 Å². The minimum absolute atomic E-state index is 0.202. The molecule has 1 aliphatic rings. The van der Waals surface area contributed by atoms with E-state index < -0.39 is 17.5 Å². The van der Waals surface area contributed by atoms with Gasteiger partial charge >= 0.3 is 0 Å². The number of rotatable bonds is 4. The zero-order chi connectivity index (χ0) is 18.0. The van der Waals surface area contributed by atoms with Crippen LogP contribution >= 0.6 is 0 Å². The molecule has 0 aliphatic carbocycles. The number of carbonyl (C=O) groups is 2. The molecule has 3 rings (SSSR count). The summed E-state index contributed by atoms with van der Waals surface area (Å²) < 4.78 is 27.1. The molecule has 1 aromatic heterocycles. The van der Waals surface area contributed by atoms with Gasteiger partial charge in [-0.1, -0.05) is 0 Å². The summed E-state index contributed by atoms with van der Waals surface area (Å²) in [4.78, 5) is 29.9. The van der Waals surface area contributed by atoms with Crippen molar-refractivity contribution in [2.75, 3.05) is 18.0 Å². The lowest BCUT2D eigenvalue weighted by atomic mass is 9.88. The first-order valence-corrected chi connectivity index (χ1v) is 7.96. The molecule has 0 saturated carbocycles. The highest BCUT2D eigenvalue weighted by Crippen LogP contribution is 2.26. The number of halogens is 2. The topological polar surface area (TPSA) is 76.3 Å². The molecule has 5 nitrogen and oxygen atoms in total. The molecule has 130 valence electrons. The van der Waals surface area contributed by atoms with Gasteiger partial charge in [0.15, 0.2) is 5.78 Å². The monoisotopic (exact) mass is 345 g/mol. The molecule has 0 unspecified atom stereocenters. The predicted octanol–water partition coefficient (Wildman–Crippen LogP) is 2.56. The lowest BCUT2D eigenvalue weighted by molar-refractivity contribution is 0.0895. The van der Waals surface area contributed by atoms with Crippen LogP contribution in [0.1, 0.15) is 33.6 Å². The van der Waals surface area contributed by atoms with Gasteiger partial charge in [-0.3, -0.25) is 9.59 Å². The van der Waals surface area contributed by atoms with Gasteiger partial charge in [0, 0.05) is 30.8 Å². The average molecular weight is 345 g/mol. The maximum absolute atomic E-state index is 13.8. The summed E-state index contributed by atoms with van der Waals surface area (Å²) in [6.07, 6.45) is 2.50. The minimum Gasteiger partial charge on any atom is -0.366 e. The number of ketones is 1. The van der Waals surface area contributed by atoms with Crippen LogP contribution in [0.25, 0.3) is 0 Å².